The lowest BCUT2D eigenvalue weighted by Gasteiger charge is -2.02. The van der Waals surface area contributed by atoms with Gasteiger partial charge < -0.3 is 14.6 Å². The fourth-order valence-electron chi connectivity index (χ4n) is 1.93. The molecule has 0 amide bonds. The van der Waals surface area contributed by atoms with Crippen molar-refractivity contribution >= 4 is 5.69 Å². The van der Waals surface area contributed by atoms with Crippen LogP contribution in [0.1, 0.15) is 18.7 Å². The van der Waals surface area contributed by atoms with Crippen LogP contribution in [0.5, 0.6) is 5.75 Å². The second-order valence-corrected chi connectivity index (χ2v) is 4.81. The molecule has 1 fully saturated rings. The lowest BCUT2D eigenvalue weighted by atomic mass is 10.2. The maximum absolute atomic E-state index is 10.9. The van der Waals surface area contributed by atoms with Gasteiger partial charge in [0, 0.05) is 23.7 Å². The topological polar surface area (TPSA) is 103 Å². The summed E-state index contributed by atoms with van der Waals surface area (Å²) in [7, 11) is 1.38. The first kappa shape index (κ1) is 13.5. The van der Waals surface area contributed by atoms with E-state index in [4.69, 9.17) is 9.26 Å². The Balaban J connectivity index is 1.80. The van der Waals surface area contributed by atoms with E-state index >= 15 is 0 Å². The van der Waals surface area contributed by atoms with Gasteiger partial charge in [-0.1, -0.05) is 5.16 Å². The van der Waals surface area contributed by atoms with E-state index in [1.807, 2.05) is 0 Å². The van der Waals surface area contributed by atoms with Gasteiger partial charge in [-0.05, 0) is 18.9 Å². The molecule has 3 rings (SSSR count). The minimum absolute atomic E-state index is 0.101. The number of methoxy groups -OCH3 is 1. The van der Waals surface area contributed by atoms with Crippen LogP contribution in [0.4, 0.5) is 5.69 Å². The van der Waals surface area contributed by atoms with E-state index in [-0.39, 0.29) is 11.4 Å². The number of rotatable bonds is 6. The molecule has 0 spiro atoms. The number of hydrogen-bond donors (Lipinski definition) is 1. The lowest BCUT2D eigenvalue weighted by molar-refractivity contribution is -0.385. The van der Waals surface area contributed by atoms with Gasteiger partial charge in [-0.3, -0.25) is 10.1 Å². The van der Waals surface area contributed by atoms with Crippen molar-refractivity contribution in [3.63, 3.8) is 0 Å². The minimum atomic E-state index is -0.499. The molecule has 110 valence electrons. The Morgan fingerprint density at radius 1 is 1.52 bits per heavy atom. The van der Waals surface area contributed by atoms with Crippen LogP contribution in [-0.4, -0.2) is 28.2 Å². The molecule has 2 aromatic rings. The summed E-state index contributed by atoms with van der Waals surface area (Å²) in [6, 6.07) is 5.00. The van der Waals surface area contributed by atoms with Crippen LogP contribution in [0.2, 0.25) is 0 Å². The quantitative estimate of drug-likeness (QED) is 0.640. The first-order chi connectivity index (χ1) is 10.2. The Morgan fingerprint density at radius 3 is 3.00 bits per heavy atom. The summed E-state index contributed by atoms with van der Waals surface area (Å²) in [5, 5.41) is 18.0. The van der Waals surface area contributed by atoms with Crippen molar-refractivity contribution in [1.82, 2.24) is 15.5 Å². The predicted molar refractivity (Wildman–Crippen MR) is 72.8 cm³/mol. The molecule has 1 aromatic heterocycles. The van der Waals surface area contributed by atoms with E-state index in [0.29, 0.717) is 29.9 Å². The van der Waals surface area contributed by atoms with Crippen LogP contribution >= 0.6 is 0 Å². The molecule has 21 heavy (non-hydrogen) atoms. The average molecular weight is 290 g/mol. The normalized spacial score (nSPS) is 14.1. The SMILES string of the molecule is COc1cc(-c2nc(CNC3CC3)no2)ccc1[N+](=O)[O-]. The van der Waals surface area contributed by atoms with E-state index in [0.717, 1.165) is 0 Å². The molecular formula is C13H14N4O4. The van der Waals surface area contributed by atoms with E-state index in [1.165, 1.54) is 32.1 Å². The van der Waals surface area contributed by atoms with Gasteiger partial charge in [0.15, 0.2) is 11.6 Å². The number of nitrogens with zero attached hydrogens (tertiary/aromatic N) is 3. The zero-order valence-corrected chi connectivity index (χ0v) is 11.4. The maximum Gasteiger partial charge on any atom is 0.310 e. The Bertz CT molecular complexity index is 666. The molecule has 1 N–H and O–H groups in total. The van der Waals surface area contributed by atoms with Gasteiger partial charge in [-0.25, -0.2) is 0 Å². The highest BCUT2D eigenvalue weighted by Gasteiger charge is 2.22. The molecule has 1 heterocycles. The van der Waals surface area contributed by atoms with Gasteiger partial charge in [-0.15, -0.1) is 0 Å². The first-order valence-corrected chi connectivity index (χ1v) is 6.56. The van der Waals surface area contributed by atoms with Crippen molar-refractivity contribution in [3.05, 3.63) is 34.1 Å². The van der Waals surface area contributed by atoms with Crippen LogP contribution in [0.25, 0.3) is 11.5 Å². The van der Waals surface area contributed by atoms with Crippen molar-refractivity contribution in [2.45, 2.75) is 25.4 Å². The fourth-order valence-corrected chi connectivity index (χ4v) is 1.93. The summed E-state index contributed by atoms with van der Waals surface area (Å²) in [4.78, 5) is 14.6. The third-order valence-corrected chi connectivity index (χ3v) is 3.22. The number of nitro benzene ring substituents is 1. The fraction of sp³-hybridized carbons (Fsp3) is 0.385. The Labute approximate surface area is 120 Å². The van der Waals surface area contributed by atoms with Crippen LogP contribution in [-0.2, 0) is 6.54 Å². The van der Waals surface area contributed by atoms with Crippen molar-refractivity contribution in [2.24, 2.45) is 0 Å². The van der Waals surface area contributed by atoms with Crippen LogP contribution < -0.4 is 10.1 Å². The van der Waals surface area contributed by atoms with Gasteiger partial charge in [0.1, 0.15) is 0 Å². The van der Waals surface area contributed by atoms with Crippen molar-refractivity contribution in [1.29, 1.82) is 0 Å². The zero-order chi connectivity index (χ0) is 14.8. The number of ether oxygens (including phenoxy) is 1. The summed E-state index contributed by atoms with van der Waals surface area (Å²) in [6.45, 7) is 0.554. The molecule has 0 radical (unpaired) electrons. The third kappa shape index (κ3) is 3.00. The van der Waals surface area contributed by atoms with Gasteiger partial charge in [0.25, 0.3) is 5.89 Å². The standard InChI is InChI=1S/C13H14N4O4/c1-20-11-6-8(2-5-10(11)17(18)19)13-15-12(16-21-13)7-14-9-3-4-9/h2,5-6,9,14H,3-4,7H2,1H3. The van der Waals surface area contributed by atoms with E-state index in [1.54, 1.807) is 6.07 Å². The molecule has 8 heteroatoms. The highest BCUT2D eigenvalue weighted by molar-refractivity contribution is 5.61. The summed E-state index contributed by atoms with van der Waals surface area (Å²) < 4.78 is 10.2. The van der Waals surface area contributed by atoms with Gasteiger partial charge in [0.05, 0.1) is 18.6 Å². The summed E-state index contributed by atoms with van der Waals surface area (Å²) >= 11 is 0. The molecule has 1 aromatic carbocycles. The number of benzene rings is 1. The molecule has 1 aliphatic carbocycles. The monoisotopic (exact) mass is 290 g/mol. The second kappa shape index (κ2) is 5.49. The molecule has 0 unspecified atom stereocenters. The van der Waals surface area contributed by atoms with Crippen LogP contribution in [0, 0.1) is 10.1 Å². The molecular weight excluding hydrogens is 276 g/mol. The first-order valence-electron chi connectivity index (χ1n) is 6.56. The number of nitro groups is 1. The zero-order valence-electron chi connectivity index (χ0n) is 11.4. The van der Waals surface area contributed by atoms with Crippen LogP contribution in [0.3, 0.4) is 0 Å². The van der Waals surface area contributed by atoms with E-state index in [2.05, 4.69) is 15.5 Å². The summed E-state index contributed by atoms with van der Waals surface area (Å²) in [6.07, 6.45) is 2.37. The van der Waals surface area contributed by atoms with Gasteiger partial charge >= 0.3 is 5.69 Å². The van der Waals surface area contributed by atoms with Crippen molar-refractivity contribution in [3.8, 4) is 17.2 Å². The molecule has 0 saturated heterocycles. The van der Waals surface area contributed by atoms with E-state index < -0.39 is 4.92 Å². The number of nitrogens with one attached hydrogen (secondary N) is 1. The predicted octanol–water partition coefficient (Wildman–Crippen LogP) is 1.91. The highest BCUT2D eigenvalue weighted by atomic mass is 16.6. The third-order valence-electron chi connectivity index (χ3n) is 3.22. The van der Waals surface area contributed by atoms with Gasteiger partial charge in [-0.2, -0.15) is 4.98 Å². The Kier molecular flexibility index (Phi) is 3.53. The number of hydrogen-bond acceptors (Lipinski definition) is 7. The maximum atomic E-state index is 10.9. The molecule has 1 aliphatic rings. The molecule has 8 nitrogen and oxygen atoms in total. The number of aromatic nitrogens is 2. The summed E-state index contributed by atoms with van der Waals surface area (Å²) in [5.41, 5.74) is 0.485. The van der Waals surface area contributed by atoms with Gasteiger partial charge in [0.2, 0.25) is 0 Å². The lowest BCUT2D eigenvalue weighted by Crippen LogP contribution is -2.16. The van der Waals surface area contributed by atoms with E-state index in [9.17, 15) is 10.1 Å². The van der Waals surface area contributed by atoms with Crippen molar-refractivity contribution < 1.29 is 14.2 Å². The average Bonchev–Trinajstić information content (AvgIpc) is 3.20. The molecule has 0 atom stereocenters. The Hall–Kier alpha value is -2.48. The minimum Gasteiger partial charge on any atom is -0.490 e. The van der Waals surface area contributed by atoms with Crippen LogP contribution in [0.15, 0.2) is 22.7 Å². The van der Waals surface area contributed by atoms with Crippen molar-refractivity contribution in [2.75, 3.05) is 7.11 Å². The molecule has 0 bridgehead atoms. The Morgan fingerprint density at radius 2 is 2.33 bits per heavy atom. The largest absolute Gasteiger partial charge is 0.490 e. The smallest absolute Gasteiger partial charge is 0.310 e. The summed E-state index contributed by atoms with van der Waals surface area (Å²) in [5.74, 6) is 1.04. The second-order valence-electron chi connectivity index (χ2n) is 4.81. The molecule has 1 saturated carbocycles. The highest BCUT2D eigenvalue weighted by Crippen LogP contribution is 2.31. The molecule has 0 aliphatic heterocycles.